The van der Waals surface area contributed by atoms with Crippen molar-refractivity contribution >= 4 is 10.0 Å². The van der Waals surface area contributed by atoms with Crippen LogP contribution in [0.5, 0.6) is 0 Å². The number of sulfonamides is 1. The van der Waals surface area contributed by atoms with Gasteiger partial charge in [-0.15, -0.1) is 0 Å². The molecule has 0 radical (unpaired) electrons. The van der Waals surface area contributed by atoms with E-state index in [4.69, 9.17) is 4.74 Å². The van der Waals surface area contributed by atoms with E-state index >= 15 is 0 Å². The van der Waals surface area contributed by atoms with Gasteiger partial charge in [0.25, 0.3) is 0 Å². The molecule has 0 saturated carbocycles. The van der Waals surface area contributed by atoms with Crippen LogP contribution in [0, 0.1) is 5.92 Å². The number of nitrogens with one attached hydrogen (secondary N) is 1. The van der Waals surface area contributed by atoms with Crippen molar-refractivity contribution < 1.29 is 13.2 Å². The van der Waals surface area contributed by atoms with E-state index in [1.165, 1.54) is 6.26 Å². The zero-order valence-electron chi connectivity index (χ0n) is 12.9. The molecule has 1 saturated heterocycles. The molecule has 3 rings (SSSR count). The van der Waals surface area contributed by atoms with Gasteiger partial charge in [-0.2, -0.15) is 0 Å². The van der Waals surface area contributed by atoms with E-state index in [0.717, 1.165) is 51.4 Å². The molecule has 0 aromatic carbocycles. The third kappa shape index (κ3) is 4.07. The van der Waals surface area contributed by atoms with Gasteiger partial charge in [-0.25, -0.2) is 18.1 Å². The third-order valence-corrected chi connectivity index (χ3v) is 5.12. The monoisotopic (exact) mass is 328 g/mol. The lowest BCUT2D eigenvalue weighted by molar-refractivity contribution is 0.0458. The zero-order chi connectivity index (χ0) is 15.6. The number of aromatic nitrogens is 2. The van der Waals surface area contributed by atoms with Crippen LogP contribution in [0.25, 0.3) is 0 Å². The molecule has 1 fully saturated rings. The maximum absolute atomic E-state index is 11.4. The van der Waals surface area contributed by atoms with Crippen molar-refractivity contribution in [2.75, 3.05) is 39.1 Å². The highest BCUT2D eigenvalue weighted by Crippen LogP contribution is 2.24. The molecule has 0 spiro atoms. The van der Waals surface area contributed by atoms with Crippen LogP contribution in [-0.4, -0.2) is 62.0 Å². The number of hydrogen-bond donors (Lipinski definition) is 1. The molecular weight excluding hydrogens is 304 g/mol. The first kappa shape index (κ1) is 15.9. The number of hydrogen-bond acceptors (Lipinski definition) is 5. The van der Waals surface area contributed by atoms with Crippen molar-refractivity contribution in [3.8, 4) is 0 Å². The summed E-state index contributed by atoms with van der Waals surface area (Å²) in [5.74, 6) is 0.673. The summed E-state index contributed by atoms with van der Waals surface area (Å²) in [7, 11) is -3.17. The predicted octanol–water partition coefficient (Wildman–Crippen LogP) is 0.216. The Morgan fingerprint density at radius 2 is 2.18 bits per heavy atom. The summed E-state index contributed by atoms with van der Waals surface area (Å²) in [6.07, 6.45) is 7.10. The van der Waals surface area contributed by atoms with Gasteiger partial charge in [-0.3, -0.25) is 4.90 Å². The van der Waals surface area contributed by atoms with Crippen LogP contribution in [0.15, 0.2) is 12.5 Å². The molecule has 0 unspecified atom stereocenters. The Balaban J connectivity index is 1.65. The van der Waals surface area contributed by atoms with Crippen molar-refractivity contribution in [3.63, 3.8) is 0 Å². The Kier molecular flexibility index (Phi) is 4.82. The van der Waals surface area contributed by atoms with Gasteiger partial charge >= 0.3 is 0 Å². The molecule has 0 bridgehead atoms. The Morgan fingerprint density at radius 3 is 2.91 bits per heavy atom. The minimum absolute atomic E-state index is 0.0980. The topological polar surface area (TPSA) is 76.5 Å². The number of nitrogens with zero attached hydrogens (tertiary/aromatic N) is 3. The molecule has 1 atom stereocenters. The van der Waals surface area contributed by atoms with E-state index in [0.29, 0.717) is 12.5 Å². The molecule has 124 valence electrons. The second kappa shape index (κ2) is 6.66. The van der Waals surface area contributed by atoms with E-state index in [-0.39, 0.29) is 6.04 Å². The molecule has 1 N–H and O–H groups in total. The zero-order valence-corrected chi connectivity index (χ0v) is 13.8. The summed E-state index contributed by atoms with van der Waals surface area (Å²) >= 11 is 0. The maximum Gasteiger partial charge on any atom is 0.208 e. The van der Waals surface area contributed by atoms with Crippen molar-refractivity contribution in [1.82, 2.24) is 19.2 Å². The molecule has 1 aromatic rings. The van der Waals surface area contributed by atoms with Gasteiger partial charge in [0, 0.05) is 45.6 Å². The summed E-state index contributed by atoms with van der Waals surface area (Å²) in [6, 6.07) is 0.0980. The van der Waals surface area contributed by atoms with E-state index in [1.54, 1.807) is 6.33 Å². The first-order valence-corrected chi connectivity index (χ1v) is 9.66. The van der Waals surface area contributed by atoms with Gasteiger partial charge < -0.3 is 9.30 Å². The first-order chi connectivity index (χ1) is 10.5. The van der Waals surface area contributed by atoms with Crippen LogP contribution in [0.1, 0.15) is 24.6 Å². The maximum atomic E-state index is 11.4. The van der Waals surface area contributed by atoms with Gasteiger partial charge in [-0.1, -0.05) is 0 Å². The van der Waals surface area contributed by atoms with Gasteiger partial charge in [0.15, 0.2) is 0 Å². The normalized spacial score (nSPS) is 24.3. The molecule has 2 aliphatic heterocycles. The molecule has 0 amide bonds. The second-order valence-corrected chi connectivity index (χ2v) is 8.15. The highest BCUT2D eigenvalue weighted by Gasteiger charge is 2.27. The van der Waals surface area contributed by atoms with Crippen LogP contribution in [0.4, 0.5) is 0 Å². The first-order valence-electron chi connectivity index (χ1n) is 7.77. The lowest BCUT2D eigenvalue weighted by Gasteiger charge is -2.37. The number of rotatable bonds is 5. The van der Waals surface area contributed by atoms with E-state index < -0.39 is 10.0 Å². The number of fused-ring (bicyclic) bond motifs is 1. The second-order valence-electron chi connectivity index (χ2n) is 6.32. The molecule has 1 aromatic heterocycles. The molecule has 7 nitrogen and oxygen atoms in total. The van der Waals surface area contributed by atoms with E-state index in [9.17, 15) is 8.42 Å². The summed E-state index contributed by atoms with van der Waals surface area (Å²) in [4.78, 5) is 6.64. The fraction of sp³-hybridized carbons (Fsp3) is 0.786. The average Bonchev–Trinajstić information content (AvgIpc) is 2.93. The molecule has 0 aliphatic carbocycles. The van der Waals surface area contributed by atoms with Crippen molar-refractivity contribution in [1.29, 1.82) is 0 Å². The standard InChI is InChI=1S/C14H24N4O3S/c1-22(19,20)16-7-14-10-17(8-12-2-4-21-5-3-12)9-13-6-15-11-18(13)14/h6,11-12,14,16H,2-5,7-10H2,1H3/t14-/m1/s1. The Morgan fingerprint density at radius 1 is 1.41 bits per heavy atom. The molecule has 2 aliphatic rings. The average molecular weight is 328 g/mol. The highest BCUT2D eigenvalue weighted by molar-refractivity contribution is 7.88. The molecule has 3 heterocycles. The summed E-state index contributed by atoms with van der Waals surface area (Å²) in [5, 5.41) is 0. The van der Waals surface area contributed by atoms with Crippen LogP contribution in [0.3, 0.4) is 0 Å². The minimum Gasteiger partial charge on any atom is -0.381 e. The highest BCUT2D eigenvalue weighted by atomic mass is 32.2. The third-order valence-electron chi connectivity index (χ3n) is 4.43. The predicted molar refractivity (Wildman–Crippen MR) is 82.9 cm³/mol. The lowest BCUT2D eigenvalue weighted by atomic mass is 9.99. The summed E-state index contributed by atoms with van der Waals surface area (Å²) < 4.78 is 32.9. The summed E-state index contributed by atoms with van der Waals surface area (Å²) in [5.41, 5.74) is 1.15. The molecule has 8 heteroatoms. The lowest BCUT2D eigenvalue weighted by Crippen LogP contribution is -2.44. The molecule has 22 heavy (non-hydrogen) atoms. The van der Waals surface area contributed by atoms with Gasteiger partial charge in [0.1, 0.15) is 0 Å². The largest absolute Gasteiger partial charge is 0.381 e. The van der Waals surface area contributed by atoms with Gasteiger partial charge in [0.05, 0.1) is 24.3 Å². The van der Waals surface area contributed by atoms with Gasteiger partial charge in [0.2, 0.25) is 10.0 Å². The van der Waals surface area contributed by atoms with Crippen LogP contribution >= 0.6 is 0 Å². The minimum atomic E-state index is -3.17. The quantitative estimate of drug-likeness (QED) is 0.836. The SMILES string of the molecule is CS(=O)(=O)NC[C@@H]1CN(CC2CCOCC2)Cc2cncn21. The van der Waals surface area contributed by atoms with Crippen LogP contribution < -0.4 is 4.72 Å². The number of imidazole rings is 1. The molecular formula is C14H24N4O3S. The van der Waals surface area contributed by atoms with Crippen LogP contribution in [-0.2, 0) is 21.3 Å². The van der Waals surface area contributed by atoms with Crippen molar-refractivity contribution in [3.05, 3.63) is 18.2 Å². The fourth-order valence-corrected chi connectivity index (χ4v) is 3.80. The van der Waals surface area contributed by atoms with Crippen molar-refractivity contribution in [2.45, 2.75) is 25.4 Å². The fourth-order valence-electron chi connectivity index (χ4n) is 3.31. The van der Waals surface area contributed by atoms with E-state index in [2.05, 4.69) is 19.2 Å². The Labute approximate surface area is 131 Å². The van der Waals surface area contributed by atoms with Crippen molar-refractivity contribution in [2.24, 2.45) is 5.92 Å². The smallest absolute Gasteiger partial charge is 0.208 e. The van der Waals surface area contributed by atoms with E-state index in [1.807, 2.05) is 6.20 Å². The number of ether oxygens (including phenoxy) is 1. The summed E-state index contributed by atoms with van der Waals surface area (Å²) in [6.45, 7) is 4.90. The Bertz CT molecular complexity index is 595. The Hall–Kier alpha value is -0.960. The van der Waals surface area contributed by atoms with Crippen LogP contribution in [0.2, 0.25) is 0 Å². The van der Waals surface area contributed by atoms with Gasteiger partial charge in [-0.05, 0) is 18.8 Å².